The van der Waals surface area contributed by atoms with Crippen molar-refractivity contribution in [2.24, 2.45) is 5.73 Å². The molecule has 0 aromatic carbocycles. The number of carbonyl (C=O) groups is 1. The van der Waals surface area contributed by atoms with Gasteiger partial charge in [0, 0.05) is 12.1 Å². The SMILES string of the molecule is CSC(C)C(=O)NC1CCCCC1N.Cl. The summed E-state index contributed by atoms with van der Waals surface area (Å²) in [5, 5.41) is 3.07. The minimum atomic E-state index is 0. The van der Waals surface area contributed by atoms with Crippen molar-refractivity contribution in [3.05, 3.63) is 0 Å². The number of rotatable bonds is 3. The van der Waals surface area contributed by atoms with Gasteiger partial charge in [-0.1, -0.05) is 12.8 Å². The Morgan fingerprint density at radius 2 is 2.07 bits per heavy atom. The highest BCUT2D eigenvalue weighted by molar-refractivity contribution is 7.99. The van der Waals surface area contributed by atoms with Crippen molar-refractivity contribution in [1.29, 1.82) is 0 Å². The Morgan fingerprint density at radius 3 is 2.60 bits per heavy atom. The van der Waals surface area contributed by atoms with Gasteiger partial charge in [-0.25, -0.2) is 0 Å². The van der Waals surface area contributed by atoms with E-state index in [0.717, 1.165) is 12.8 Å². The Balaban J connectivity index is 0.00000196. The highest BCUT2D eigenvalue weighted by Gasteiger charge is 2.24. The molecule has 0 aromatic rings. The fourth-order valence-corrected chi connectivity index (χ4v) is 2.03. The first kappa shape index (κ1) is 15.1. The molecule has 3 N–H and O–H groups in total. The van der Waals surface area contributed by atoms with Crippen LogP contribution in [0.3, 0.4) is 0 Å². The summed E-state index contributed by atoms with van der Waals surface area (Å²) < 4.78 is 0. The topological polar surface area (TPSA) is 55.1 Å². The molecule has 1 rings (SSSR count). The molecule has 3 atom stereocenters. The third-order valence-corrected chi connectivity index (χ3v) is 3.79. The Labute approximate surface area is 102 Å². The molecule has 15 heavy (non-hydrogen) atoms. The number of nitrogens with two attached hydrogens (primary N) is 1. The van der Waals surface area contributed by atoms with Crippen LogP contribution in [0, 0.1) is 0 Å². The second-order valence-corrected chi connectivity index (χ2v) is 5.12. The summed E-state index contributed by atoms with van der Waals surface area (Å²) in [6, 6.07) is 0.354. The Hall–Kier alpha value is 0.0700. The van der Waals surface area contributed by atoms with Crippen molar-refractivity contribution in [3.63, 3.8) is 0 Å². The first-order valence-electron chi connectivity index (χ1n) is 5.24. The molecule has 1 aliphatic rings. The van der Waals surface area contributed by atoms with Gasteiger partial charge in [0.15, 0.2) is 0 Å². The van der Waals surface area contributed by atoms with Crippen LogP contribution < -0.4 is 11.1 Å². The summed E-state index contributed by atoms with van der Waals surface area (Å²) in [5.74, 6) is 0.125. The number of thioether (sulfide) groups is 1. The van der Waals surface area contributed by atoms with E-state index in [4.69, 9.17) is 5.73 Å². The summed E-state index contributed by atoms with van der Waals surface area (Å²) in [4.78, 5) is 11.6. The molecular formula is C10H21ClN2OS. The van der Waals surface area contributed by atoms with E-state index in [1.807, 2.05) is 13.2 Å². The third-order valence-electron chi connectivity index (χ3n) is 2.87. The van der Waals surface area contributed by atoms with Crippen molar-refractivity contribution in [2.75, 3.05) is 6.26 Å². The fraction of sp³-hybridized carbons (Fsp3) is 0.900. The van der Waals surface area contributed by atoms with E-state index in [9.17, 15) is 4.79 Å². The maximum absolute atomic E-state index is 11.6. The molecule has 90 valence electrons. The lowest BCUT2D eigenvalue weighted by molar-refractivity contribution is -0.121. The minimum absolute atomic E-state index is 0. The van der Waals surface area contributed by atoms with E-state index in [2.05, 4.69) is 5.32 Å². The van der Waals surface area contributed by atoms with Gasteiger partial charge in [0.2, 0.25) is 5.91 Å². The Kier molecular flexibility index (Phi) is 7.40. The van der Waals surface area contributed by atoms with Gasteiger partial charge in [-0.3, -0.25) is 4.79 Å². The van der Waals surface area contributed by atoms with Gasteiger partial charge in [-0.05, 0) is 26.0 Å². The average molecular weight is 253 g/mol. The monoisotopic (exact) mass is 252 g/mol. The highest BCUT2D eigenvalue weighted by Crippen LogP contribution is 2.17. The highest BCUT2D eigenvalue weighted by atomic mass is 35.5. The van der Waals surface area contributed by atoms with Gasteiger partial charge in [0.05, 0.1) is 5.25 Å². The van der Waals surface area contributed by atoms with E-state index < -0.39 is 0 Å². The molecule has 0 heterocycles. The Bertz CT molecular complexity index is 204. The number of nitrogens with one attached hydrogen (secondary N) is 1. The number of amides is 1. The largest absolute Gasteiger partial charge is 0.351 e. The summed E-state index contributed by atoms with van der Waals surface area (Å²) in [6.07, 6.45) is 6.41. The normalized spacial score (nSPS) is 27.7. The van der Waals surface area contributed by atoms with Crippen LogP contribution in [0.25, 0.3) is 0 Å². The van der Waals surface area contributed by atoms with Crippen molar-refractivity contribution >= 4 is 30.1 Å². The molecule has 0 aliphatic heterocycles. The zero-order valence-corrected chi connectivity index (χ0v) is 11.0. The van der Waals surface area contributed by atoms with Crippen LogP contribution >= 0.6 is 24.2 Å². The molecular weight excluding hydrogens is 232 g/mol. The number of hydrogen-bond donors (Lipinski definition) is 2. The lowest BCUT2D eigenvalue weighted by Crippen LogP contribution is -2.51. The van der Waals surface area contributed by atoms with Crippen LogP contribution in [-0.4, -0.2) is 29.5 Å². The standard InChI is InChI=1S/C10H20N2OS.ClH/c1-7(14-2)10(13)12-9-6-4-3-5-8(9)11;/h7-9H,3-6,11H2,1-2H3,(H,12,13);1H. The van der Waals surface area contributed by atoms with Crippen LogP contribution in [0.2, 0.25) is 0 Å². The number of carbonyl (C=O) groups excluding carboxylic acids is 1. The number of hydrogen-bond acceptors (Lipinski definition) is 3. The molecule has 1 saturated carbocycles. The van der Waals surface area contributed by atoms with Crippen molar-refractivity contribution in [3.8, 4) is 0 Å². The average Bonchev–Trinajstić information content (AvgIpc) is 2.20. The second-order valence-electron chi connectivity index (χ2n) is 3.94. The van der Waals surface area contributed by atoms with E-state index in [0.29, 0.717) is 0 Å². The molecule has 5 heteroatoms. The molecule has 3 nitrogen and oxygen atoms in total. The van der Waals surface area contributed by atoms with E-state index >= 15 is 0 Å². The summed E-state index contributed by atoms with van der Waals surface area (Å²) in [5.41, 5.74) is 5.95. The first-order valence-corrected chi connectivity index (χ1v) is 6.52. The van der Waals surface area contributed by atoms with Crippen LogP contribution in [0.5, 0.6) is 0 Å². The van der Waals surface area contributed by atoms with Gasteiger partial charge >= 0.3 is 0 Å². The quantitative estimate of drug-likeness (QED) is 0.801. The third kappa shape index (κ3) is 4.62. The Morgan fingerprint density at radius 1 is 1.47 bits per heavy atom. The first-order chi connectivity index (χ1) is 6.65. The van der Waals surface area contributed by atoms with E-state index in [1.54, 1.807) is 11.8 Å². The predicted octanol–water partition coefficient (Wildman–Crippen LogP) is 1.55. The van der Waals surface area contributed by atoms with Crippen LogP contribution in [0.4, 0.5) is 0 Å². The van der Waals surface area contributed by atoms with Gasteiger partial charge in [-0.2, -0.15) is 11.8 Å². The second kappa shape index (κ2) is 7.36. The molecule has 1 aliphatic carbocycles. The molecule has 1 fully saturated rings. The van der Waals surface area contributed by atoms with Crippen molar-refractivity contribution in [2.45, 2.75) is 49.9 Å². The molecule has 0 radical (unpaired) electrons. The summed E-state index contributed by atoms with van der Waals surface area (Å²) in [7, 11) is 0. The molecule has 0 saturated heterocycles. The summed E-state index contributed by atoms with van der Waals surface area (Å²) >= 11 is 1.57. The lowest BCUT2D eigenvalue weighted by Gasteiger charge is -2.30. The zero-order chi connectivity index (χ0) is 10.6. The summed E-state index contributed by atoms with van der Waals surface area (Å²) in [6.45, 7) is 1.92. The van der Waals surface area contributed by atoms with E-state index in [-0.39, 0.29) is 35.6 Å². The fourth-order valence-electron chi connectivity index (χ4n) is 1.75. The maximum Gasteiger partial charge on any atom is 0.233 e. The van der Waals surface area contributed by atoms with Crippen molar-refractivity contribution in [1.82, 2.24) is 5.32 Å². The lowest BCUT2D eigenvalue weighted by atomic mass is 9.91. The van der Waals surface area contributed by atoms with Gasteiger partial charge < -0.3 is 11.1 Å². The molecule has 1 amide bonds. The van der Waals surface area contributed by atoms with Gasteiger partial charge in [-0.15, -0.1) is 12.4 Å². The van der Waals surface area contributed by atoms with Crippen LogP contribution in [-0.2, 0) is 4.79 Å². The molecule has 0 spiro atoms. The zero-order valence-electron chi connectivity index (χ0n) is 9.36. The van der Waals surface area contributed by atoms with E-state index in [1.165, 1.54) is 12.8 Å². The minimum Gasteiger partial charge on any atom is -0.351 e. The molecule has 3 unspecified atom stereocenters. The number of halogens is 1. The van der Waals surface area contributed by atoms with Gasteiger partial charge in [0.25, 0.3) is 0 Å². The predicted molar refractivity (Wildman–Crippen MR) is 68.6 cm³/mol. The van der Waals surface area contributed by atoms with Crippen LogP contribution in [0.15, 0.2) is 0 Å². The smallest absolute Gasteiger partial charge is 0.233 e. The van der Waals surface area contributed by atoms with Crippen molar-refractivity contribution < 1.29 is 4.79 Å². The van der Waals surface area contributed by atoms with Gasteiger partial charge in [0.1, 0.15) is 0 Å². The van der Waals surface area contributed by atoms with Crippen LogP contribution in [0.1, 0.15) is 32.6 Å². The molecule has 0 bridgehead atoms. The maximum atomic E-state index is 11.6. The molecule has 0 aromatic heterocycles.